The van der Waals surface area contributed by atoms with E-state index < -0.39 is 5.92 Å². The highest BCUT2D eigenvalue weighted by Crippen LogP contribution is 2.44. The summed E-state index contributed by atoms with van der Waals surface area (Å²) in [6.07, 6.45) is 0.791. The van der Waals surface area contributed by atoms with Crippen molar-refractivity contribution in [2.45, 2.75) is 25.0 Å². The molecule has 0 spiro atoms. The third-order valence-electron chi connectivity index (χ3n) is 5.68. The third kappa shape index (κ3) is 3.64. The predicted molar refractivity (Wildman–Crippen MR) is 111 cm³/mol. The van der Waals surface area contributed by atoms with Crippen molar-refractivity contribution in [2.24, 2.45) is 0 Å². The Balaban J connectivity index is 1.32. The number of hydrogen-bond acceptors (Lipinski definition) is 4. The molecular weight excluding hydrogens is 362 g/mol. The largest absolute Gasteiger partial charge is 0.460 e. The highest BCUT2D eigenvalue weighted by atomic mass is 16.5. The van der Waals surface area contributed by atoms with E-state index in [1.54, 1.807) is 0 Å². The second kappa shape index (κ2) is 7.72. The first-order valence-corrected chi connectivity index (χ1v) is 10.1. The van der Waals surface area contributed by atoms with Gasteiger partial charge in [-0.3, -0.25) is 9.69 Å². The third-order valence-corrected chi connectivity index (χ3v) is 5.68. The van der Waals surface area contributed by atoms with Crippen LogP contribution in [-0.2, 0) is 16.1 Å². The molecule has 1 unspecified atom stereocenters. The Hall–Kier alpha value is -3.11. The van der Waals surface area contributed by atoms with Gasteiger partial charge in [0.25, 0.3) is 0 Å². The van der Waals surface area contributed by atoms with Gasteiger partial charge in [-0.2, -0.15) is 0 Å². The van der Waals surface area contributed by atoms with Crippen LogP contribution in [0.15, 0.2) is 78.9 Å². The van der Waals surface area contributed by atoms with Crippen LogP contribution in [0.4, 0.5) is 0 Å². The lowest BCUT2D eigenvalue weighted by Crippen LogP contribution is -2.28. The highest BCUT2D eigenvalue weighted by Gasteiger charge is 2.36. The van der Waals surface area contributed by atoms with E-state index in [1.165, 1.54) is 5.56 Å². The van der Waals surface area contributed by atoms with Crippen molar-refractivity contribution in [3.05, 3.63) is 95.6 Å². The molecule has 2 aliphatic rings. The molecule has 4 heteroatoms. The van der Waals surface area contributed by atoms with Crippen LogP contribution in [0.25, 0.3) is 0 Å². The molecule has 1 fully saturated rings. The minimum absolute atomic E-state index is 0.0756. The fourth-order valence-corrected chi connectivity index (χ4v) is 4.27. The van der Waals surface area contributed by atoms with Gasteiger partial charge in [-0.15, -0.1) is 0 Å². The van der Waals surface area contributed by atoms with Crippen LogP contribution in [-0.4, -0.2) is 30.1 Å². The molecule has 0 aliphatic carbocycles. The van der Waals surface area contributed by atoms with Gasteiger partial charge < -0.3 is 9.47 Å². The molecule has 2 heterocycles. The molecule has 2 aliphatic heterocycles. The fourth-order valence-electron chi connectivity index (χ4n) is 4.27. The number of nitrogens with zero attached hydrogens (tertiary/aromatic N) is 1. The maximum Gasteiger partial charge on any atom is 0.318 e. The number of likely N-dealkylation sites (tertiary alicyclic amines) is 1. The van der Waals surface area contributed by atoms with E-state index in [2.05, 4.69) is 29.2 Å². The Kier molecular flexibility index (Phi) is 4.78. The summed E-state index contributed by atoms with van der Waals surface area (Å²) in [6.45, 7) is 2.60. The van der Waals surface area contributed by atoms with Crippen molar-refractivity contribution in [3.8, 4) is 11.5 Å². The summed E-state index contributed by atoms with van der Waals surface area (Å²) in [5.41, 5.74) is 3.03. The first-order chi connectivity index (χ1) is 14.3. The second-order valence-corrected chi connectivity index (χ2v) is 7.68. The van der Waals surface area contributed by atoms with Gasteiger partial charge in [-0.1, -0.05) is 66.7 Å². The van der Waals surface area contributed by atoms with E-state index >= 15 is 0 Å². The van der Waals surface area contributed by atoms with Crippen LogP contribution in [0.2, 0.25) is 0 Å². The van der Waals surface area contributed by atoms with Crippen LogP contribution in [0.5, 0.6) is 11.5 Å². The minimum Gasteiger partial charge on any atom is -0.460 e. The van der Waals surface area contributed by atoms with E-state index in [-0.39, 0.29) is 12.1 Å². The van der Waals surface area contributed by atoms with Gasteiger partial charge in [0.15, 0.2) is 0 Å². The Labute approximate surface area is 170 Å². The normalized spacial score (nSPS) is 18.6. The fraction of sp³-hybridized carbons (Fsp3) is 0.240. The Morgan fingerprint density at radius 3 is 2.21 bits per heavy atom. The summed E-state index contributed by atoms with van der Waals surface area (Å²) in [5.74, 6) is 0.814. The van der Waals surface area contributed by atoms with Crippen molar-refractivity contribution in [3.63, 3.8) is 0 Å². The minimum atomic E-state index is -0.445. The molecule has 0 aromatic heterocycles. The Morgan fingerprint density at radius 2 is 1.52 bits per heavy atom. The molecule has 3 aromatic carbocycles. The van der Waals surface area contributed by atoms with E-state index in [9.17, 15) is 4.79 Å². The molecule has 1 saturated heterocycles. The van der Waals surface area contributed by atoms with Crippen LogP contribution in [0.3, 0.4) is 0 Å². The molecule has 5 rings (SSSR count). The van der Waals surface area contributed by atoms with Crippen LogP contribution < -0.4 is 4.74 Å². The number of hydrogen-bond donors (Lipinski definition) is 0. The number of ether oxygens (including phenoxy) is 2. The molecule has 0 N–H and O–H groups in total. The number of carbonyl (C=O) groups is 1. The zero-order valence-corrected chi connectivity index (χ0v) is 16.2. The van der Waals surface area contributed by atoms with Crippen molar-refractivity contribution in [2.75, 3.05) is 13.1 Å². The Bertz CT molecular complexity index is 972. The SMILES string of the molecule is O=C(OC1CCN(Cc2ccccc2)C1)C1c2ccccc2Oc2ccccc21. The summed E-state index contributed by atoms with van der Waals surface area (Å²) in [6, 6.07) is 25.9. The number of esters is 1. The molecule has 146 valence electrons. The second-order valence-electron chi connectivity index (χ2n) is 7.68. The van der Waals surface area contributed by atoms with Crippen LogP contribution in [0, 0.1) is 0 Å². The van der Waals surface area contributed by atoms with Gasteiger partial charge in [0.1, 0.15) is 23.5 Å². The molecule has 1 atom stereocenters. The number of carbonyl (C=O) groups excluding carboxylic acids is 1. The standard InChI is InChI=1S/C25H23NO3/c27-25(28-19-14-15-26(17-19)16-18-8-2-1-3-9-18)24-20-10-4-6-12-22(20)29-23-13-7-5-11-21(23)24/h1-13,19,24H,14-17H2. The zero-order chi connectivity index (χ0) is 19.6. The topological polar surface area (TPSA) is 38.8 Å². The summed E-state index contributed by atoms with van der Waals surface area (Å²) < 4.78 is 12.0. The molecule has 0 bridgehead atoms. The van der Waals surface area contributed by atoms with Crippen molar-refractivity contribution < 1.29 is 14.3 Å². The molecule has 4 nitrogen and oxygen atoms in total. The van der Waals surface area contributed by atoms with Gasteiger partial charge in [-0.05, 0) is 24.1 Å². The number of benzene rings is 3. The average Bonchev–Trinajstić information content (AvgIpc) is 3.19. The summed E-state index contributed by atoms with van der Waals surface area (Å²) in [5, 5.41) is 0. The maximum atomic E-state index is 13.2. The lowest BCUT2D eigenvalue weighted by Gasteiger charge is -2.27. The highest BCUT2D eigenvalue weighted by molar-refractivity contribution is 5.85. The lowest BCUT2D eigenvalue weighted by atomic mass is 9.88. The quantitative estimate of drug-likeness (QED) is 0.608. The van der Waals surface area contributed by atoms with Gasteiger partial charge in [0.05, 0.1) is 0 Å². The van der Waals surface area contributed by atoms with E-state index in [1.807, 2.05) is 54.6 Å². The Morgan fingerprint density at radius 1 is 0.897 bits per heavy atom. The molecule has 0 saturated carbocycles. The lowest BCUT2D eigenvalue weighted by molar-refractivity contribution is -0.149. The van der Waals surface area contributed by atoms with Gasteiger partial charge in [0.2, 0.25) is 0 Å². The van der Waals surface area contributed by atoms with Gasteiger partial charge in [-0.25, -0.2) is 0 Å². The molecule has 29 heavy (non-hydrogen) atoms. The smallest absolute Gasteiger partial charge is 0.318 e. The number of para-hydroxylation sites is 2. The first-order valence-electron chi connectivity index (χ1n) is 10.1. The van der Waals surface area contributed by atoms with Crippen molar-refractivity contribution in [1.82, 2.24) is 4.90 Å². The van der Waals surface area contributed by atoms with Gasteiger partial charge in [0, 0.05) is 30.8 Å². The molecule has 0 radical (unpaired) electrons. The molecule has 0 amide bonds. The zero-order valence-electron chi connectivity index (χ0n) is 16.2. The number of fused-ring (bicyclic) bond motifs is 2. The monoisotopic (exact) mass is 385 g/mol. The maximum absolute atomic E-state index is 13.2. The van der Waals surface area contributed by atoms with Crippen molar-refractivity contribution in [1.29, 1.82) is 0 Å². The average molecular weight is 385 g/mol. The molecular formula is C25H23NO3. The van der Waals surface area contributed by atoms with E-state index in [4.69, 9.17) is 9.47 Å². The first kappa shape index (κ1) is 18.0. The van der Waals surface area contributed by atoms with Crippen LogP contribution >= 0.6 is 0 Å². The van der Waals surface area contributed by atoms with E-state index in [0.29, 0.717) is 0 Å². The summed E-state index contributed by atoms with van der Waals surface area (Å²) in [4.78, 5) is 15.6. The number of rotatable bonds is 4. The summed E-state index contributed by atoms with van der Waals surface area (Å²) >= 11 is 0. The summed E-state index contributed by atoms with van der Waals surface area (Å²) in [7, 11) is 0. The van der Waals surface area contributed by atoms with Crippen LogP contribution in [0.1, 0.15) is 29.0 Å². The predicted octanol–water partition coefficient (Wildman–Crippen LogP) is 4.74. The molecule has 3 aromatic rings. The van der Waals surface area contributed by atoms with Gasteiger partial charge >= 0.3 is 5.97 Å². The van der Waals surface area contributed by atoms with Crippen molar-refractivity contribution >= 4 is 5.97 Å². The van der Waals surface area contributed by atoms with E-state index in [0.717, 1.165) is 48.7 Å².